The SMILES string of the molecule is CCC[C@H]1C[C@H](Cc2cccc(OC(C)C)c2)C(=N)N1CC(=O)c1cc(C(C)(C)C)c(O)c(C(C)(C)C)c1. The molecule has 1 saturated heterocycles. The van der Waals surface area contributed by atoms with Crippen LogP contribution in [0.3, 0.4) is 0 Å². The number of carbonyl (C=O) groups is 1. The first-order valence-corrected chi connectivity index (χ1v) is 14.1. The molecule has 0 saturated carbocycles. The number of ether oxygens (including phenoxy) is 1. The van der Waals surface area contributed by atoms with Gasteiger partial charge in [-0.25, -0.2) is 0 Å². The number of carbonyl (C=O) groups excluding carboxylic acids is 1. The van der Waals surface area contributed by atoms with Gasteiger partial charge in [0.25, 0.3) is 0 Å². The molecule has 38 heavy (non-hydrogen) atoms. The first-order chi connectivity index (χ1) is 17.6. The van der Waals surface area contributed by atoms with Crippen molar-refractivity contribution < 1.29 is 14.6 Å². The molecule has 0 bridgehead atoms. The highest BCUT2D eigenvalue weighted by molar-refractivity contribution is 6.01. The molecule has 0 amide bonds. The predicted molar refractivity (Wildman–Crippen MR) is 157 cm³/mol. The third-order valence-corrected chi connectivity index (χ3v) is 7.43. The van der Waals surface area contributed by atoms with Gasteiger partial charge in [-0.15, -0.1) is 0 Å². The largest absolute Gasteiger partial charge is 0.507 e. The number of ketones is 1. The lowest BCUT2D eigenvalue weighted by atomic mass is 9.78. The second-order valence-electron chi connectivity index (χ2n) is 13.2. The van der Waals surface area contributed by atoms with E-state index in [4.69, 9.17) is 10.1 Å². The van der Waals surface area contributed by atoms with Crippen LogP contribution in [0.25, 0.3) is 0 Å². The number of nitrogens with zero attached hydrogens (tertiary/aromatic N) is 1. The Labute approximate surface area is 230 Å². The number of amidine groups is 1. The Hall–Kier alpha value is -2.82. The number of nitrogens with one attached hydrogen (secondary N) is 1. The minimum absolute atomic E-state index is 0.000154. The normalized spacial score (nSPS) is 18.4. The molecule has 2 N–H and O–H groups in total. The Kier molecular flexibility index (Phi) is 9.00. The van der Waals surface area contributed by atoms with Crippen LogP contribution >= 0.6 is 0 Å². The van der Waals surface area contributed by atoms with Crippen molar-refractivity contribution in [2.24, 2.45) is 5.92 Å². The van der Waals surface area contributed by atoms with Crippen molar-refractivity contribution >= 4 is 11.6 Å². The summed E-state index contributed by atoms with van der Waals surface area (Å²) in [6, 6.07) is 12.1. The molecule has 1 aliphatic rings. The molecule has 2 aromatic carbocycles. The van der Waals surface area contributed by atoms with Gasteiger partial charge >= 0.3 is 0 Å². The van der Waals surface area contributed by atoms with Crippen LogP contribution in [0.15, 0.2) is 36.4 Å². The van der Waals surface area contributed by atoms with Crippen LogP contribution in [0.4, 0.5) is 0 Å². The molecule has 1 fully saturated rings. The highest BCUT2D eigenvalue weighted by Crippen LogP contribution is 2.40. The average molecular weight is 521 g/mol. The van der Waals surface area contributed by atoms with E-state index >= 15 is 0 Å². The summed E-state index contributed by atoms with van der Waals surface area (Å²) in [6.45, 7) is 18.7. The summed E-state index contributed by atoms with van der Waals surface area (Å²) in [5.74, 6) is 1.76. The maximum atomic E-state index is 13.7. The lowest BCUT2D eigenvalue weighted by Crippen LogP contribution is -2.38. The summed E-state index contributed by atoms with van der Waals surface area (Å²) >= 11 is 0. The van der Waals surface area contributed by atoms with E-state index in [2.05, 4.69) is 60.6 Å². The van der Waals surface area contributed by atoms with Gasteiger partial charge < -0.3 is 14.7 Å². The van der Waals surface area contributed by atoms with Crippen molar-refractivity contribution in [3.8, 4) is 11.5 Å². The number of phenolic OH excluding ortho intramolecular Hbond substituents is 1. The second kappa shape index (κ2) is 11.5. The van der Waals surface area contributed by atoms with E-state index in [-0.39, 0.29) is 47.0 Å². The molecule has 0 unspecified atom stereocenters. The highest BCUT2D eigenvalue weighted by atomic mass is 16.5. The molecular weight excluding hydrogens is 472 g/mol. The molecule has 0 radical (unpaired) electrons. The van der Waals surface area contributed by atoms with Gasteiger partial charge in [0.1, 0.15) is 11.5 Å². The van der Waals surface area contributed by atoms with Crippen LogP contribution in [0.5, 0.6) is 11.5 Å². The zero-order valence-corrected chi connectivity index (χ0v) is 24.9. The van der Waals surface area contributed by atoms with E-state index in [0.29, 0.717) is 11.4 Å². The van der Waals surface area contributed by atoms with Crippen molar-refractivity contribution in [3.63, 3.8) is 0 Å². The average Bonchev–Trinajstić information content (AvgIpc) is 3.06. The van der Waals surface area contributed by atoms with Crippen molar-refractivity contribution in [2.75, 3.05) is 6.54 Å². The van der Waals surface area contributed by atoms with Crippen LogP contribution < -0.4 is 4.74 Å². The number of rotatable bonds is 9. The highest BCUT2D eigenvalue weighted by Gasteiger charge is 2.37. The van der Waals surface area contributed by atoms with Crippen molar-refractivity contribution in [1.29, 1.82) is 5.41 Å². The summed E-state index contributed by atoms with van der Waals surface area (Å²) in [4.78, 5) is 15.8. The van der Waals surface area contributed by atoms with E-state index in [1.807, 2.05) is 43.0 Å². The maximum absolute atomic E-state index is 13.7. The third-order valence-electron chi connectivity index (χ3n) is 7.43. The van der Waals surface area contributed by atoms with E-state index < -0.39 is 0 Å². The Bertz CT molecular complexity index is 1120. The Morgan fingerprint density at radius 1 is 1.08 bits per heavy atom. The second-order valence-corrected chi connectivity index (χ2v) is 13.2. The molecule has 2 atom stereocenters. The summed E-state index contributed by atoms with van der Waals surface area (Å²) in [5, 5.41) is 20.1. The summed E-state index contributed by atoms with van der Waals surface area (Å²) in [5.41, 5.74) is 2.74. The van der Waals surface area contributed by atoms with Gasteiger partial charge in [-0.3, -0.25) is 10.2 Å². The fraction of sp³-hybridized carbons (Fsp3) is 0.576. The lowest BCUT2D eigenvalue weighted by Gasteiger charge is -2.29. The van der Waals surface area contributed by atoms with Crippen LogP contribution in [0, 0.1) is 11.3 Å². The molecular formula is C33H48N2O3. The minimum atomic E-state index is -0.301. The van der Waals surface area contributed by atoms with E-state index in [1.54, 1.807) is 0 Å². The topological polar surface area (TPSA) is 73.6 Å². The molecule has 5 nitrogen and oxygen atoms in total. The molecule has 0 spiro atoms. The summed E-state index contributed by atoms with van der Waals surface area (Å²) < 4.78 is 5.88. The van der Waals surface area contributed by atoms with E-state index in [9.17, 15) is 9.90 Å². The summed E-state index contributed by atoms with van der Waals surface area (Å²) in [6.07, 6.45) is 3.72. The van der Waals surface area contributed by atoms with Crippen LogP contribution in [-0.2, 0) is 17.3 Å². The van der Waals surface area contributed by atoms with Crippen molar-refractivity contribution in [3.05, 3.63) is 58.7 Å². The Morgan fingerprint density at radius 3 is 2.21 bits per heavy atom. The quantitative estimate of drug-likeness (QED) is 0.333. The van der Waals surface area contributed by atoms with Crippen LogP contribution in [-0.4, -0.2) is 40.3 Å². The molecule has 2 aromatic rings. The third kappa shape index (κ3) is 6.98. The van der Waals surface area contributed by atoms with E-state index in [0.717, 1.165) is 48.1 Å². The monoisotopic (exact) mass is 520 g/mol. The van der Waals surface area contributed by atoms with Gasteiger partial charge in [-0.2, -0.15) is 0 Å². The predicted octanol–water partition coefficient (Wildman–Crippen LogP) is 7.67. The number of hydrogen-bond acceptors (Lipinski definition) is 4. The number of benzene rings is 2. The number of phenols is 1. The number of Topliss-reactive ketones (excluding diaryl/α,β-unsaturated/α-hetero) is 1. The molecule has 5 heteroatoms. The van der Waals surface area contributed by atoms with Crippen molar-refractivity contribution in [2.45, 2.75) is 111 Å². The number of hydrogen-bond donors (Lipinski definition) is 2. The first kappa shape index (κ1) is 29.7. The van der Waals surface area contributed by atoms with Gasteiger partial charge in [-0.05, 0) is 73.8 Å². The smallest absolute Gasteiger partial charge is 0.182 e. The lowest BCUT2D eigenvalue weighted by molar-refractivity contribution is 0.0950. The number of aromatic hydroxyl groups is 1. The Balaban J connectivity index is 1.87. The van der Waals surface area contributed by atoms with Gasteiger partial charge in [0.2, 0.25) is 0 Å². The van der Waals surface area contributed by atoms with Crippen LogP contribution in [0.2, 0.25) is 0 Å². The molecule has 208 valence electrons. The van der Waals surface area contributed by atoms with Crippen LogP contribution in [0.1, 0.15) is 109 Å². The molecule has 3 rings (SSSR count). The Morgan fingerprint density at radius 2 is 1.68 bits per heavy atom. The maximum Gasteiger partial charge on any atom is 0.182 e. The molecule has 1 heterocycles. The zero-order chi connectivity index (χ0) is 28.4. The fourth-order valence-corrected chi connectivity index (χ4v) is 5.49. The minimum Gasteiger partial charge on any atom is -0.507 e. The fourth-order valence-electron chi connectivity index (χ4n) is 5.49. The van der Waals surface area contributed by atoms with Crippen molar-refractivity contribution in [1.82, 2.24) is 4.90 Å². The van der Waals surface area contributed by atoms with Gasteiger partial charge in [0.15, 0.2) is 5.78 Å². The molecule has 0 aromatic heterocycles. The standard InChI is InChI=1S/C33H48N2O3/c1-10-12-25-17-24(15-22-13-11-14-26(16-22)38-21(2)3)31(34)35(25)20-29(36)23-18-27(32(4,5)6)30(37)28(19-23)33(7,8)9/h11,13-14,16,18-19,21,24-25,34,37H,10,12,15,17,20H2,1-9H3/t24-,25-/m0/s1. The van der Waals surface area contributed by atoms with E-state index in [1.165, 1.54) is 0 Å². The van der Waals surface area contributed by atoms with Gasteiger partial charge in [-0.1, -0.05) is 67.0 Å². The molecule has 0 aliphatic carbocycles. The number of likely N-dealkylation sites (tertiary alicyclic amines) is 1. The van der Waals surface area contributed by atoms with Gasteiger partial charge in [0, 0.05) is 28.7 Å². The molecule has 1 aliphatic heterocycles. The summed E-state index contributed by atoms with van der Waals surface area (Å²) in [7, 11) is 0. The first-order valence-electron chi connectivity index (χ1n) is 14.1. The van der Waals surface area contributed by atoms with Gasteiger partial charge in [0.05, 0.1) is 18.5 Å². The zero-order valence-electron chi connectivity index (χ0n) is 24.9.